The molecule has 25 heavy (non-hydrogen) atoms. The first-order valence-electron chi connectivity index (χ1n) is 11.0. The third-order valence-corrected chi connectivity index (χ3v) is 9.09. The van der Waals surface area contributed by atoms with Gasteiger partial charge in [-0.3, -0.25) is 0 Å². The standard InChI is InChI=1S/C22H35F3/c23-22(24,25)19-11-9-18(10-12-19)21(13-2-1-3-14-21)20(15-4-5-16-20)17-7-6-8-17/h17-19H,1-16H2. The predicted octanol–water partition coefficient (Wildman–Crippen LogP) is 7.67. The number of alkyl halides is 3. The largest absolute Gasteiger partial charge is 0.391 e. The third-order valence-electron chi connectivity index (χ3n) is 9.09. The first kappa shape index (κ1) is 18.2. The first-order valence-corrected chi connectivity index (χ1v) is 11.0. The van der Waals surface area contributed by atoms with E-state index in [9.17, 15) is 13.2 Å². The summed E-state index contributed by atoms with van der Waals surface area (Å²) in [5.74, 6) is 0.450. The molecule has 0 bridgehead atoms. The van der Waals surface area contributed by atoms with E-state index < -0.39 is 12.1 Å². The van der Waals surface area contributed by atoms with Crippen molar-refractivity contribution in [3.05, 3.63) is 0 Å². The lowest BCUT2D eigenvalue weighted by atomic mass is 9.43. The molecule has 4 fully saturated rings. The van der Waals surface area contributed by atoms with Crippen molar-refractivity contribution in [1.29, 1.82) is 0 Å². The molecule has 0 aromatic carbocycles. The van der Waals surface area contributed by atoms with Gasteiger partial charge >= 0.3 is 6.18 Å². The van der Waals surface area contributed by atoms with Gasteiger partial charge in [-0.05, 0) is 86.9 Å². The fraction of sp³-hybridized carbons (Fsp3) is 1.00. The van der Waals surface area contributed by atoms with Gasteiger partial charge in [0.1, 0.15) is 0 Å². The van der Waals surface area contributed by atoms with Gasteiger partial charge in [0.25, 0.3) is 0 Å². The molecule has 3 heteroatoms. The Morgan fingerprint density at radius 3 is 1.36 bits per heavy atom. The van der Waals surface area contributed by atoms with Crippen LogP contribution >= 0.6 is 0 Å². The number of hydrogen-bond donors (Lipinski definition) is 0. The summed E-state index contributed by atoms with van der Waals surface area (Å²) in [7, 11) is 0. The van der Waals surface area contributed by atoms with E-state index in [0.29, 0.717) is 29.6 Å². The smallest absolute Gasteiger partial charge is 0.171 e. The molecule has 0 amide bonds. The minimum absolute atomic E-state index is 0.392. The lowest BCUT2D eigenvalue weighted by molar-refractivity contribution is -0.193. The van der Waals surface area contributed by atoms with Gasteiger partial charge in [0, 0.05) is 0 Å². The Morgan fingerprint density at radius 1 is 0.520 bits per heavy atom. The summed E-state index contributed by atoms with van der Waals surface area (Å²) in [6.07, 6.45) is 14.9. The molecular weight excluding hydrogens is 321 g/mol. The maximum absolute atomic E-state index is 13.2. The van der Waals surface area contributed by atoms with Crippen molar-refractivity contribution in [3.8, 4) is 0 Å². The van der Waals surface area contributed by atoms with Gasteiger partial charge in [-0.1, -0.05) is 38.5 Å². The number of hydrogen-bond acceptors (Lipinski definition) is 0. The summed E-state index contributed by atoms with van der Waals surface area (Å²) < 4.78 is 39.5. The van der Waals surface area contributed by atoms with Crippen LogP contribution in [0.5, 0.6) is 0 Å². The van der Waals surface area contributed by atoms with Gasteiger partial charge in [-0.2, -0.15) is 13.2 Å². The van der Waals surface area contributed by atoms with Crippen LogP contribution in [0.15, 0.2) is 0 Å². The Bertz CT molecular complexity index is 442. The summed E-state index contributed by atoms with van der Waals surface area (Å²) in [4.78, 5) is 0. The molecule has 0 atom stereocenters. The Morgan fingerprint density at radius 2 is 0.960 bits per heavy atom. The molecule has 4 rings (SSSR count). The Hall–Kier alpha value is -0.210. The quantitative estimate of drug-likeness (QED) is 0.487. The summed E-state index contributed by atoms with van der Waals surface area (Å²) >= 11 is 0. The van der Waals surface area contributed by atoms with Crippen molar-refractivity contribution in [3.63, 3.8) is 0 Å². The molecule has 0 spiro atoms. The summed E-state index contributed by atoms with van der Waals surface area (Å²) in [5, 5.41) is 0. The van der Waals surface area contributed by atoms with Gasteiger partial charge in [-0.25, -0.2) is 0 Å². The highest BCUT2D eigenvalue weighted by Crippen LogP contribution is 2.69. The van der Waals surface area contributed by atoms with Crippen molar-refractivity contribution in [1.82, 2.24) is 0 Å². The van der Waals surface area contributed by atoms with Gasteiger partial charge in [0.05, 0.1) is 5.92 Å². The van der Waals surface area contributed by atoms with Crippen LogP contribution in [-0.2, 0) is 0 Å². The van der Waals surface area contributed by atoms with E-state index in [1.54, 1.807) is 0 Å². The van der Waals surface area contributed by atoms with Gasteiger partial charge in [0.15, 0.2) is 0 Å². The van der Waals surface area contributed by atoms with Crippen LogP contribution in [0.2, 0.25) is 0 Å². The molecule has 0 radical (unpaired) electrons. The zero-order valence-electron chi connectivity index (χ0n) is 15.7. The van der Waals surface area contributed by atoms with Crippen LogP contribution in [0.25, 0.3) is 0 Å². The molecule has 0 N–H and O–H groups in total. The molecular formula is C22H35F3. The maximum atomic E-state index is 13.2. The second kappa shape index (κ2) is 6.75. The van der Waals surface area contributed by atoms with Crippen molar-refractivity contribution in [2.75, 3.05) is 0 Å². The summed E-state index contributed by atoms with van der Waals surface area (Å²) in [6, 6.07) is 0. The molecule has 0 heterocycles. The van der Waals surface area contributed by atoms with E-state index in [4.69, 9.17) is 0 Å². The van der Waals surface area contributed by atoms with Crippen molar-refractivity contribution in [2.24, 2.45) is 28.6 Å². The normalized spacial score (nSPS) is 36.1. The third kappa shape index (κ3) is 2.96. The van der Waals surface area contributed by atoms with Crippen LogP contribution in [-0.4, -0.2) is 6.18 Å². The van der Waals surface area contributed by atoms with Crippen LogP contribution in [0, 0.1) is 28.6 Å². The highest BCUT2D eigenvalue weighted by atomic mass is 19.4. The summed E-state index contributed by atoms with van der Waals surface area (Å²) in [6.45, 7) is 0. The van der Waals surface area contributed by atoms with Crippen molar-refractivity contribution < 1.29 is 13.2 Å². The first-order chi connectivity index (χ1) is 12.0. The second-order valence-corrected chi connectivity index (χ2v) is 9.80. The monoisotopic (exact) mass is 356 g/mol. The molecule has 0 saturated heterocycles. The molecule has 0 aromatic rings. The van der Waals surface area contributed by atoms with Gasteiger partial charge in [0.2, 0.25) is 0 Å². The summed E-state index contributed by atoms with van der Waals surface area (Å²) in [5.41, 5.74) is 0.894. The van der Waals surface area contributed by atoms with Crippen LogP contribution < -0.4 is 0 Å². The average Bonchev–Trinajstić information content (AvgIpc) is 3.04. The minimum atomic E-state index is -3.97. The van der Waals surface area contributed by atoms with Crippen molar-refractivity contribution >= 4 is 0 Å². The molecule has 0 aromatic heterocycles. The lowest BCUT2D eigenvalue weighted by Gasteiger charge is -2.62. The molecule has 4 aliphatic rings. The molecule has 4 saturated carbocycles. The zero-order chi connectivity index (χ0) is 17.5. The Balaban J connectivity index is 1.59. The highest BCUT2D eigenvalue weighted by molar-refractivity contribution is 5.09. The van der Waals surface area contributed by atoms with Crippen LogP contribution in [0.3, 0.4) is 0 Å². The molecule has 144 valence electrons. The molecule has 0 nitrogen and oxygen atoms in total. The molecule has 0 unspecified atom stereocenters. The fourth-order valence-corrected chi connectivity index (χ4v) is 7.75. The molecule has 0 aliphatic heterocycles. The average molecular weight is 357 g/mol. The van der Waals surface area contributed by atoms with E-state index in [1.807, 2.05) is 0 Å². The van der Waals surface area contributed by atoms with E-state index in [0.717, 1.165) is 18.8 Å². The predicted molar refractivity (Wildman–Crippen MR) is 95.3 cm³/mol. The Labute approximate surface area is 151 Å². The highest BCUT2D eigenvalue weighted by Gasteiger charge is 2.60. The zero-order valence-corrected chi connectivity index (χ0v) is 15.7. The topological polar surface area (TPSA) is 0 Å². The number of rotatable bonds is 3. The lowest BCUT2D eigenvalue weighted by Crippen LogP contribution is -2.53. The van der Waals surface area contributed by atoms with Crippen LogP contribution in [0.1, 0.15) is 103 Å². The van der Waals surface area contributed by atoms with E-state index in [1.165, 1.54) is 77.0 Å². The van der Waals surface area contributed by atoms with Gasteiger partial charge in [-0.15, -0.1) is 0 Å². The van der Waals surface area contributed by atoms with E-state index >= 15 is 0 Å². The second-order valence-electron chi connectivity index (χ2n) is 9.80. The molecule has 4 aliphatic carbocycles. The maximum Gasteiger partial charge on any atom is 0.391 e. The minimum Gasteiger partial charge on any atom is -0.171 e. The van der Waals surface area contributed by atoms with Crippen molar-refractivity contribution in [2.45, 2.75) is 109 Å². The Kier molecular flexibility index (Phi) is 4.90. The van der Waals surface area contributed by atoms with E-state index in [2.05, 4.69) is 0 Å². The SMILES string of the molecule is FC(F)(F)C1CCC(C2(C3(C4CCC4)CCCC3)CCCCC2)CC1. The fourth-order valence-electron chi connectivity index (χ4n) is 7.75. The number of halogens is 3. The van der Waals surface area contributed by atoms with E-state index in [-0.39, 0.29) is 0 Å². The van der Waals surface area contributed by atoms with Gasteiger partial charge < -0.3 is 0 Å². The van der Waals surface area contributed by atoms with Crippen LogP contribution in [0.4, 0.5) is 13.2 Å².